The van der Waals surface area contributed by atoms with Gasteiger partial charge >= 0.3 is 0 Å². The second-order valence-electron chi connectivity index (χ2n) is 3.25. The highest BCUT2D eigenvalue weighted by Gasteiger charge is 1.97. The van der Waals surface area contributed by atoms with Crippen molar-refractivity contribution < 1.29 is 0 Å². The molecule has 0 aliphatic rings. The summed E-state index contributed by atoms with van der Waals surface area (Å²) in [6.45, 7) is 2.12. The maximum absolute atomic E-state index is 5.80. The van der Waals surface area contributed by atoms with Crippen molar-refractivity contribution in [2.75, 3.05) is 5.33 Å². The van der Waals surface area contributed by atoms with E-state index in [4.69, 9.17) is 11.6 Å². The molecular weight excluding hydrogens is 247 g/mol. The zero-order chi connectivity index (χ0) is 9.68. The Labute approximate surface area is 93.4 Å². The second-order valence-corrected chi connectivity index (χ2v) is 4.31. The molecule has 0 amide bonds. The molecule has 0 fully saturated rings. The van der Waals surface area contributed by atoms with Crippen molar-refractivity contribution in [3.8, 4) is 0 Å². The molecule has 0 spiro atoms. The molecule has 0 aromatic heterocycles. The molecule has 72 valence electrons. The Balaban J connectivity index is 2.76. The summed E-state index contributed by atoms with van der Waals surface area (Å²) in [7, 11) is 0. The van der Waals surface area contributed by atoms with Gasteiger partial charge in [0.05, 0.1) is 0 Å². The van der Waals surface area contributed by atoms with E-state index in [9.17, 15) is 0 Å². The fraction of sp³-hybridized carbons (Fsp3) is 0.455. The summed E-state index contributed by atoms with van der Waals surface area (Å²) in [4.78, 5) is 0. The third-order valence-electron chi connectivity index (χ3n) is 1.95. The van der Waals surface area contributed by atoms with Gasteiger partial charge in [0, 0.05) is 11.2 Å². The number of rotatable bonds is 4. The Bertz CT molecular complexity index is 271. The lowest BCUT2D eigenvalue weighted by Gasteiger charge is -2.04. The van der Waals surface area contributed by atoms with E-state index < -0.39 is 0 Å². The predicted molar refractivity (Wildman–Crippen MR) is 62.9 cm³/mol. The van der Waals surface area contributed by atoms with Crippen LogP contribution in [-0.4, -0.2) is 5.33 Å². The van der Waals surface area contributed by atoms with Crippen molar-refractivity contribution in [1.29, 1.82) is 0 Å². The van der Waals surface area contributed by atoms with Crippen LogP contribution in [0.15, 0.2) is 18.2 Å². The predicted octanol–water partition coefficient (Wildman–Crippen LogP) is 4.06. The number of hydrogen-bond donors (Lipinski definition) is 0. The summed E-state index contributed by atoms with van der Waals surface area (Å²) >= 11 is 9.23. The lowest BCUT2D eigenvalue weighted by molar-refractivity contribution is 0.935. The fourth-order valence-corrected chi connectivity index (χ4v) is 1.88. The summed E-state index contributed by atoms with van der Waals surface area (Å²) in [5, 5.41) is 1.07. The second kappa shape index (κ2) is 5.66. The van der Waals surface area contributed by atoms with Crippen molar-refractivity contribution >= 4 is 27.5 Å². The number of hydrogen-bond acceptors (Lipinski definition) is 0. The first-order valence-corrected chi connectivity index (χ1v) is 6.13. The highest BCUT2D eigenvalue weighted by atomic mass is 79.9. The Hall–Kier alpha value is -0.0100. The van der Waals surface area contributed by atoms with Gasteiger partial charge in [-0.25, -0.2) is 0 Å². The molecule has 1 rings (SSSR count). The Morgan fingerprint density at radius 3 is 2.54 bits per heavy atom. The van der Waals surface area contributed by atoms with Crippen LogP contribution in [-0.2, 0) is 12.3 Å². The first-order chi connectivity index (χ1) is 6.26. The quantitative estimate of drug-likeness (QED) is 0.717. The van der Waals surface area contributed by atoms with E-state index in [1.807, 2.05) is 0 Å². The van der Waals surface area contributed by atoms with Gasteiger partial charge in [-0.15, -0.1) is 11.6 Å². The summed E-state index contributed by atoms with van der Waals surface area (Å²) in [6, 6.07) is 6.58. The number of alkyl halides is 2. The monoisotopic (exact) mass is 260 g/mol. The SMILES string of the molecule is Cc1cc(CCl)cc(CCCBr)c1. The summed E-state index contributed by atoms with van der Waals surface area (Å²) in [6.07, 6.45) is 2.32. The smallest absolute Gasteiger partial charge is 0.0474 e. The summed E-state index contributed by atoms with van der Waals surface area (Å²) < 4.78 is 0. The number of benzene rings is 1. The molecule has 0 saturated carbocycles. The third-order valence-corrected chi connectivity index (χ3v) is 2.82. The van der Waals surface area contributed by atoms with Gasteiger partial charge in [-0.3, -0.25) is 0 Å². The molecule has 0 aliphatic heterocycles. The van der Waals surface area contributed by atoms with E-state index in [-0.39, 0.29) is 0 Å². The normalized spacial score (nSPS) is 10.4. The van der Waals surface area contributed by atoms with Crippen LogP contribution in [0, 0.1) is 6.92 Å². The van der Waals surface area contributed by atoms with Crippen LogP contribution in [0.5, 0.6) is 0 Å². The van der Waals surface area contributed by atoms with Gasteiger partial charge in [0.1, 0.15) is 0 Å². The van der Waals surface area contributed by atoms with Gasteiger partial charge in [-0.05, 0) is 30.9 Å². The molecule has 1 aromatic rings. The molecule has 1 aromatic carbocycles. The standard InChI is InChI=1S/C11H14BrCl/c1-9-5-10(3-2-4-12)7-11(6-9)8-13/h5-7H,2-4,8H2,1H3. The van der Waals surface area contributed by atoms with E-state index in [0.717, 1.165) is 11.8 Å². The number of halogens is 2. The van der Waals surface area contributed by atoms with Crippen LogP contribution in [0.4, 0.5) is 0 Å². The molecule has 0 nitrogen and oxygen atoms in total. The molecule has 13 heavy (non-hydrogen) atoms. The van der Waals surface area contributed by atoms with Crippen LogP contribution >= 0.6 is 27.5 Å². The summed E-state index contributed by atoms with van der Waals surface area (Å²) in [5.41, 5.74) is 3.93. The largest absolute Gasteiger partial charge is 0.122 e. The third kappa shape index (κ3) is 3.70. The maximum atomic E-state index is 5.80. The highest BCUT2D eigenvalue weighted by Crippen LogP contribution is 2.13. The zero-order valence-electron chi connectivity index (χ0n) is 7.82. The topological polar surface area (TPSA) is 0 Å². The van der Waals surface area contributed by atoms with E-state index in [2.05, 4.69) is 41.1 Å². The molecule has 2 heteroatoms. The van der Waals surface area contributed by atoms with Crippen LogP contribution in [0.3, 0.4) is 0 Å². The molecule has 0 heterocycles. The fourth-order valence-electron chi connectivity index (χ4n) is 1.44. The van der Waals surface area contributed by atoms with Gasteiger partial charge in [0.15, 0.2) is 0 Å². The average molecular weight is 262 g/mol. The highest BCUT2D eigenvalue weighted by molar-refractivity contribution is 9.09. The molecule has 0 unspecified atom stereocenters. The zero-order valence-corrected chi connectivity index (χ0v) is 10.2. The van der Waals surface area contributed by atoms with Gasteiger partial charge in [-0.1, -0.05) is 39.7 Å². The lowest BCUT2D eigenvalue weighted by atomic mass is 10.0. The van der Waals surface area contributed by atoms with Crippen LogP contribution in [0.1, 0.15) is 23.1 Å². The molecule has 0 radical (unpaired) electrons. The Morgan fingerprint density at radius 2 is 1.92 bits per heavy atom. The Morgan fingerprint density at radius 1 is 1.23 bits per heavy atom. The van der Waals surface area contributed by atoms with Crippen molar-refractivity contribution in [2.24, 2.45) is 0 Å². The van der Waals surface area contributed by atoms with Crippen LogP contribution in [0.2, 0.25) is 0 Å². The first-order valence-electron chi connectivity index (χ1n) is 4.47. The van der Waals surface area contributed by atoms with Crippen molar-refractivity contribution in [3.63, 3.8) is 0 Å². The van der Waals surface area contributed by atoms with Gasteiger partial charge < -0.3 is 0 Å². The Kier molecular flexibility index (Phi) is 4.82. The first kappa shape index (κ1) is 11.1. The maximum Gasteiger partial charge on any atom is 0.0474 e. The van der Waals surface area contributed by atoms with E-state index in [1.165, 1.54) is 23.1 Å². The van der Waals surface area contributed by atoms with Crippen molar-refractivity contribution in [2.45, 2.75) is 25.6 Å². The van der Waals surface area contributed by atoms with Crippen LogP contribution < -0.4 is 0 Å². The molecule has 0 saturated heterocycles. The molecule has 0 atom stereocenters. The van der Waals surface area contributed by atoms with Gasteiger partial charge in [0.2, 0.25) is 0 Å². The molecular formula is C11H14BrCl. The van der Waals surface area contributed by atoms with E-state index in [1.54, 1.807) is 0 Å². The minimum absolute atomic E-state index is 0.614. The van der Waals surface area contributed by atoms with Gasteiger partial charge in [-0.2, -0.15) is 0 Å². The van der Waals surface area contributed by atoms with Gasteiger partial charge in [0.25, 0.3) is 0 Å². The number of aryl methyl sites for hydroxylation is 2. The van der Waals surface area contributed by atoms with E-state index in [0.29, 0.717) is 5.88 Å². The molecule has 0 bridgehead atoms. The minimum atomic E-state index is 0.614. The molecule has 0 aliphatic carbocycles. The van der Waals surface area contributed by atoms with E-state index >= 15 is 0 Å². The van der Waals surface area contributed by atoms with Crippen LogP contribution in [0.25, 0.3) is 0 Å². The minimum Gasteiger partial charge on any atom is -0.122 e. The lowest BCUT2D eigenvalue weighted by Crippen LogP contribution is -1.90. The average Bonchev–Trinajstić information content (AvgIpc) is 2.14. The van der Waals surface area contributed by atoms with Crippen molar-refractivity contribution in [3.05, 3.63) is 34.9 Å². The molecule has 0 N–H and O–H groups in total. The van der Waals surface area contributed by atoms with Crippen molar-refractivity contribution in [1.82, 2.24) is 0 Å². The summed E-state index contributed by atoms with van der Waals surface area (Å²) in [5.74, 6) is 0.614.